The Kier molecular flexibility index (Phi) is 57.7. The number of carbonyl (C=O) groups is 1. The van der Waals surface area contributed by atoms with Gasteiger partial charge in [0.05, 0.1) is 18.8 Å². The maximum Gasteiger partial charge on any atom is 0.220 e. The Hall–Kier alpha value is -1.39. The van der Waals surface area contributed by atoms with E-state index in [1.54, 1.807) is 0 Å². The van der Waals surface area contributed by atoms with Gasteiger partial charge in [0, 0.05) is 6.42 Å². The topological polar surface area (TPSA) is 69.6 Å². The van der Waals surface area contributed by atoms with E-state index in [9.17, 15) is 15.0 Å². The second kappa shape index (κ2) is 58.9. The van der Waals surface area contributed by atoms with E-state index in [1.165, 1.54) is 276 Å². The Bertz CT molecular complexity index is 1020. The van der Waals surface area contributed by atoms with Gasteiger partial charge in [-0.05, 0) is 51.4 Å². The summed E-state index contributed by atoms with van der Waals surface area (Å²) in [5, 5.41) is 23.3. The summed E-state index contributed by atoms with van der Waals surface area (Å²) >= 11 is 0. The van der Waals surface area contributed by atoms with Crippen LogP contribution in [-0.4, -0.2) is 34.9 Å². The minimum atomic E-state index is -0.656. The van der Waals surface area contributed by atoms with Gasteiger partial charge >= 0.3 is 0 Å². The van der Waals surface area contributed by atoms with Crippen molar-refractivity contribution in [3.8, 4) is 0 Å². The number of aliphatic hydroxyl groups is 2. The van der Waals surface area contributed by atoms with Gasteiger partial charge in [-0.15, -0.1) is 0 Å². The van der Waals surface area contributed by atoms with Crippen molar-refractivity contribution in [3.05, 3.63) is 36.5 Å². The first-order valence-electron chi connectivity index (χ1n) is 30.7. The van der Waals surface area contributed by atoms with Crippen molar-refractivity contribution < 1.29 is 15.0 Å². The van der Waals surface area contributed by atoms with Crippen LogP contribution in [0.1, 0.15) is 341 Å². The zero-order chi connectivity index (χ0) is 48.5. The van der Waals surface area contributed by atoms with Crippen LogP contribution in [0.4, 0.5) is 0 Å². The van der Waals surface area contributed by atoms with Crippen LogP contribution in [0.3, 0.4) is 0 Å². The van der Waals surface area contributed by atoms with Crippen molar-refractivity contribution in [2.75, 3.05) is 6.61 Å². The zero-order valence-electron chi connectivity index (χ0n) is 45.7. The van der Waals surface area contributed by atoms with Crippen molar-refractivity contribution in [2.45, 2.75) is 353 Å². The second-order valence-corrected chi connectivity index (χ2v) is 21.1. The predicted octanol–water partition coefficient (Wildman–Crippen LogP) is 20.4. The van der Waals surface area contributed by atoms with Crippen molar-refractivity contribution >= 4 is 5.91 Å². The fraction of sp³-hybridized carbons (Fsp3) is 0.889. The molecule has 4 heteroatoms. The molecule has 1 amide bonds. The number of hydrogen-bond donors (Lipinski definition) is 3. The van der Waals surface area contributed by atoms with Gasteiger partial charge in [-0.25, -0.2) is 0 Å². The summed E-state index contributed by atoms with van der Waals surface area (Å²) in [4.78, 5) is 12.5. The van der Waals surface area contributed by atoms with Crippen LogP contribution in [0.15, 0.2) is 36.5 Å². The summed E-state index contributed by atoms with van der Waals surface area (Å²) in [6.07, 6.45) is 80.3. The first-order chi connectivity index (χ1) is 33.2. The minimum absolute atomic E-state index is 0.0251. The van der Waals surface area contributed by atoms with Gasteiger partial charge in [-0.1, -0.05) is 320 Å². The van der Waals surface area contributed by atoms with Gasteiger partial charge in [-0.3, -0.25) is 4.79 Å². The van der Waals surface area contributed by atoms with Gasteiger partial charge in [0.2, 0.25) is 5.91 Å². The number of unbranched alkanes of at least 4 members (excludes halogenated alkanes) is 44. The number of carbonyl (C=O) groups excluding carboxylic acids is 1. The zero-order valence-corrected chi connectivity index (χ0v) is 45.7. The molecule has 0 spiro atoms. The summed E-state index contributed by atoms with van der Waals surface area (Å²) in [6, 6.07) is -0.533. The Morgan fingerprint density at radius 1 is 0.358 bits per heavy atom. The maximum atomic E-state index is 12.5. The van der Waals surface area contributed by atoms with Gasteiger partial charge in [0.25, 0.3) is 0 Å². The minimum Gasteiger partial charge on any atom is -0.394 e. The molecule has 0 aromatic rings. The van der Waals surface area contributed by atoms with E-state index >= 15 is 0 Å². The van der Waals surface area contributed by atoms with E-state index in [4.69, 9.17) is 0 Å². The van der Waals surface area contributed by atoms with Crippen LogP contribution in [0.5, 0.6) is 0 Å². The summed E-state index contributed by atoms with van der Waals surface area (Å²) < 4.78 is 0. The molecule has 2 atom stereocenters. The van der Waals surface area contributed by atoms with Crippen LogP contribution >= 0.6 is 0 Å². The van der Waals surface area contributed by atoms with E-state index in [-0.39, 0.29) is 12.5 Å². The first kappa shape index (κ1) is 65.6. The maximum absolute atomic E-state index is 12.5. The normalized spacial score (nSPS) is 13.0. The molecule has 0 aromatic carbocycles. The molecule has 0 saturated heterocycles. The predicted molar refractivity (Wildman–Crippen MR) is 299 cm³/mol. The van der Waals surface area contributed by atoms with E-state index in [2.05, 4.69) is 55.6 Å². The number of rotatable bonds is 57. The van der Waals surface area contributed by atoms with E-state index in [0.717, 1.165) is 38.5 Å². The molecule has 396 valence electrons. The Morgan fingerprint density at radius 3 is 0.910 bits per heavy atom. The van der Waals surface area contributed by atoms with Crippen LogP contribution in [0, 0.1) is 0 Å². The SMILES string of the molecule is CCCCCCC/C=C\C/C=C\C/C=C\CCCCCCCCCCCCCCCCCCCCCCCCCCCCC(=O)NC(CO)C(O)CCCCCCCCCCCCCCCC. The molecule has 0 aliphatic heterocycles. The largest absolute Gasteiger partial charge is 0.394 e. The molecule has 4 nitrogen and oxygen atoms in total. The standard InChI is InChI=1S/C63H121NO3/c1-3-5-7-9-11-13-15-17-19-20-21-22-23-24-25-26-27-28-29-30-31-32-33-34-35-36-37-38-39-40-41-42-43-44-45-47-49-51-53-55-57-59-63(67)64-61(60-65)62(66)58-56-54-52-50-48-46-18-16-14-12-10-8-6-4-2/h15,17,20-21,23-24,61-62,65-66H,3-14,16,18-19,22,25-60H2,1-2H3,(H,64,67)/b17-15-,21-20-,24-23-. The molecular weight excluding hydrogens is 819 g/mol. The Morgan fingerprint density at radius 2 is 0.612 bits per heavy atom. The lowest BCUT2D eigenvalue weighted by Gasteiger charge is -2.22. The number of allylic oxidation sites excluding steroid dienone is 6. The molecule has 0 aliphatic carbocycles. The van der Waals surface area contributed by atoms with E-state index in [0.29, 0.717) is 12.8 Å². The van der Waals surface area contributed by atoms with Crippen molar-refractivity contribution in [2.24, 2.45) is 0 Å². The average molecular weight is 941 g/mol. The van der Waals surface area contributed by atoms with Gasteiger partial charge < -0.3 is 15.5 Å². The molecule has 0 aromatic heterocycles. The molecule has 0 heterocycles. The van der Waals surface area contributed by atoms with Gasteiger partial charge in [-0.2, -0.15) is 0 Å². The van der Waals surface area contributed by atoms with Crippen molar-refractivity contribution in [3.63, 3.8) is 0 Å². The number of amides is 1. The second-order valence-electron chi connectivity index (χ2n) is 21.1. The van der Waals surface area contributed by atoms with E-state index in [1.807, 2.05) is 0 Å². The summed E-state index contributed by atoms with van der Waals surface area (Å²) in [5.74, 6) is -0.0251. The molecule has 3 N–H and O–H groups in total. The first-order valence-corrected chi connectivity index (χ1v) is 30.7. The summed E-state index contributed by atoms with van der Waals surface area (Å²) in [6.45, 7) is 4.37. The fourth-order valence-corrected chi connectivity index (χ4v) is 9.73. The molecular formula is C63H121NO3. The van der Waals surface area contributed by atoms with Crippen LogP contribution in [0.25, 0.3) is 0 Å². The quantitative estimate of drug-likeness (QED) is 0.0420. The van der Waals surface area contributed by atoms with Crippen molar-refractivity contribution in [1.82, 2.24) is 5.32 Å². The molecule has 0 radical (unpaired) electrons. The highest BCUT2D eigenvalue weighted by Gasteiger charge is 2.20. The molecule has 0 aliphatic rings. The smallest absolute Gasteiger partial charge is 0.220 e. The average Bonchev–Trinajstić information content (AvgIpc) is 3.33. The molecule has 67 heavy (non-hydrogen) atoms. The van der Waals surface area contributed by atoms with Crippen LogP contribution < -0.4 is 5.32 Å². The molecule has 0 fully saturated rings. The lowest BCUT2D eigenvalue weighted by atomic mass is 10.0. The lowest BCUT2D eigenvalue weighted by molar-refractivity contribution is -0.123. The molecule has 0 saturated carbocycles. The Balaban J connectivity index is 3.35. The van der Waals surface area contributed by atoms with Crippen LogP contribution in [0.2, 0.25) is 0 Å². The van der Waals surface area contributed by atoms with Crippen molar-refractivity contribution in [1.29, 1.82) is 0 Å². The highest BCUT2D eigenvalue weighted by Crippen LogP contribution is 2.18. The molecule has 0 rings (SSSR count). The third-order valence-corrected chi connectivity index (χ3v) is 14.4. The lowest BCUT2D eigenvalue weighted by Crippen LogP contribution is -2.45. The monoisotopic (exact) mass is 940 g/mol. The van der Waals surface area contributed by atoms with Crippen LogP contribution in [-0.2, 0) is 4.79 Å². The number of hydrogen-bond acceptors (Lipinski definition) is 3. The van der Waals surface area contributed by atoms with E-state index < -0.39 is 12.1 Å². The third-order valence-electron chi connectivity index (χ3n) is 14.4. The number of aliphatic hydroxyl groups excluding tert-OH is 2. The van der Waals surface area contributed by atoms with Gasteiger partial charge in [0.1, 0.15) is 0 Å². The highest BCUT2D eigenvalue weighted by molar-refractivity contribution is 5.76. The Labute approximate surface area is 421 Å². The molecule has 0 bridgehead atoms. The summed E-state index contributed by atoms with van der Waals surface area (Å²) in [5.41, 5.74) is 0. The molecule has 2 unspecified atom stereocenters. The fourth-order valence-electron chi connectivity index (χ4n) is 9.73. The summed E-state index contributed by atoms with van der Waals surface area (Å²) in [7, 11) is 0. The number of nitrogens with one attached hydrogen (secondary N) is 1. The highest BCUT2D eigenvalue weighted by atomic mass is 16.3. The van der Waals surface area contributed by atoms with Gasteiger partial charge in [0.15, 0.2) is 0 Å². The third kappa shape index (κ3) is 55.4.